The van der Waals surface area contributed by atoms with E-state index in [1.165, 1.54) is 19.3 Å². The molecular weight excluding hydrogens is 276 g/mol. The van der Waals surface area contributed by atoms with Crippen LogP contribution in [0.25, 0.3) is 0 Å². The van der Waals surface area contributed by atoms with E-state index in [-0.39, 0.29) is 6.10 Å². The van der Waals surface area contributed by atoms with Gasteiger partial charge in [-0.2, -0.15) is 0 Å². The number of halogens is 1. The van der Waals surface area contributed by atoms with Gasteiger partial charge in [0.2, 0.25) is 0 Å². The summed E-state index contributed by atoms with van der Waals surface area (Å²) >= 11 is 3.44. The molecule has 90 valence electrons. The molecule has 1 N–H and O–H groups in total. The average molecular weight is 293 g/mol. The van der Waals surface area contributed by atoms with Gasteiger partial charge in [0.1, 0.15) is 0 Å². The lowest BCUT2D eigenvalue weighted by atomic mass is 9.95. The first-order valence-electron chi connectivity index (χ1n) is 6.69. The smallest absolute Gasteiger partial charge is 0.0823 e. The fourth-order valence-corrected chi connectivity index (χ4v) is 4.96. The molecule has 3 fully saturated rings. The second-order valence-electron chi connectivity index (χ2n) is 6.06. The van der Waals surface area contributed by atoms with Crippen LogP contribution in [-0.2, 0) is 0 Å². The van der Waals surface area contributed by atoms with Gasteiger partial charge in [0.15, 0.2) is 0 Å². The third-order valence-corrected chi connectivity index (χ3v) is 5.90. The maximum atomic E-state index is 10.5. The van der Waals surface area contributed by atoms with Crippen molar-refractivity contribution in [2.45, 2.75) is 25.4 Å². The number of aliphatic hydroxyl groups is 1. The predicted molar refractivity (Wildman–Crippen MR) is 70.4 cm³/mol. The minimum Gasteiger partial charge on any atom is -0.388 e. The number of aliphatic hydroxyl groups excluding tert-OH is 1. The molecule has 17 heavy (non-hydrogen) atoms. The van der Waals surface area contributed by atoms with E-state index in [1.54, 1.807) is 0 Å². The normalized spacial score (nSPS) is 43.5. The van der Waals surface area contributed by atoms with Crippen molar-refractivity contribution in [1.82, 2.24) is 0 Å². The van der Waals surface area contributed by atoms with Gasteiger partial charge in [-0.3, -0.25) is 0 Å². The highest BCUT2D eigenvalue weighted by Gasteiger charge is 2.66. The molecule has 0 aliphatic heterocycles. The molecule has 4 rings (SSSR count). The van der Waals surface area contributed by atoms with E-state index in [0.717, 1.165) is 33.7 Å². The second-order valence-corrected chi connectivity index (χ2v) is 6.98. The first-order chi connectivity index (χ1) is 8.25. The molecule has 3 saturated carbocycles. The molecule has 0 heterocycles. The number of rotatable bonds is 2. The number of hydrogen-bond acceptors (Lipinski definition) is 1. The van der Waals surface area contributed by atoms with E-state index in [2.05, 4.69) is 28.1 Å². The molecule has 1 aromatic carbocycles. The van der Waals surface area contributed by atoms with Gasteiger partial charge in [-0.15, -0.1) is 0 Å². The highest BCUT2D eigenvalue weighted by Crippen LogP contribution is 2.72. The van der Waals surface area contributed by atoms with Crippen molar-refractivity contribution < 1.29 is 5.11 Å². The summed E-state index contributed by atoms with van der Waals surface area (Å²) in [6.07, 6.45) is 4.09. The van der Waals surface area contributed by atoms with Gasteiger partial charge in [-0.1, -0.05) is 28.1 Å². The van der Waals surface area contributed by atoms with E-state index in [4.69, 9.17) is 0 Å². The Bertz CT molecular complexity index is 425. The van der Waals surface area contributed by atoms with Crippen molar-refractivity contribution in [3.05, 3.63) is 34.3 Å². The van der Waals surface area contributed by atoms with Crippen LogP contribution in [0.4, 0.5) is 0 Å². The Kier molecular flexibility index (Phi) is 2.23. The van der Waals surface area contributed by atoms with E-state index >= 15 is 0 Å². The van der Waals surface area contributed by atoms with Crippen LogP contribution in [0.5, 0.6) is 0 Å². The van der Waals surface area contributed by atoms with E-state index < -0.39 is 0 Å². The van der Waals surface area contributed by atoms with Gasteiger partial charge in [0.05, 0.1) is 6.10 Å². The summed E-state index contributed by atoms with van der Waals surface area (Å²) in [7, 11) is 0. The Morgan fingerprint density at radius 1 is 1.06 bits per heavy atom. The number of hydrogen-bond donors (Lipinski definition) is 1. The molecule has 1 aromatic rings. The molecule has 1 nitrogen and oxygen atoms in total. The molecule has 0 radical (unpaired) electrons. The van der Waals surface area contributed by atoms with Gasteiger partial charge >= 0.3 is 0 Å². The van der Waals surface area contributed by atoms with Gasteiger partial charge in [-0.05, 0) is 66.5 Å². The van der Waals surface area contributed by atoms with E-state index in [0.29, 0.717) is 5.92 Å². The number of benzene rings is 1. The highest BCUT2D eigenvalue weighted by molar-refractivity contribution is 9.10. The summed E-state index contributed by atoms with van der Waals surface area (Å²) in [6.45, 7) is 0. The minimum atomic E-state index is -0.221. The lowest BCUT2D eigenvalue weighted by Gasteiger charge is -2.15. The van der Waals surface area contributed by atoms with Gasteiger partial charge in [0, 0.05) is 4.47 Å². The van der Waals surface area contributed by atoms with Crippen LogP contribution in [0.15, 0.2) is 28.7 Å². The van der Waals surface area contributed by atoms with Crippen LogP contribution in [0.3, 0.4) is 0 Å². The fourth-order valence-electron chi connectivity index (χ4n) is 4.70. The van der Waals surface area contributed by atoms with Crippen molar-refractivity contribution in [3.63, 3.8) is 0 Å². The first kappa shape index (κ1) is 10.6. The summed E-state index contributed by atoms with van der Waals surface area (Å²) in [6, 6.07) is 8.19. The van der Waals surface area contributed by atoms with Crippen molar-refractivity contribution >= 4 is 15.9 Å². The summed E-state index contributed by atoms with van der Waals surface area (Å²) in [5, 5.41) is 10.5. The SMILES string of the molecule is OC(c1ccc(Br)cc1)C1C2C3CCC(C3)C21. The Morgan fingerprint density at radius 2 is 1.65 bits per heavy atom. The topological polar surface area (TPSA) is 20.2 Å². The second kappa shape index (κ2) is 3.58. The zero-order valence-electron chi connectivity index (χ0n) is 9.72. The lowest BCUT2D eigenvalue weighted by molar-refractivity contribution is 0.130. The molecule has 3 aliphatic rings. The van der Waals surface area contributed by atoms with Crippen molar-refractivity contribution in [1.29, 1.82) is 0 Å². The quantitative estimate of drug-likeness (QED) is 0.880. The average Bonchev–Trinajstić information content (AvgIpc) is 2.77. The van der Waals surface area contributed by atoms with Crippen molar-refractivity contribution in [2.24, 2.45) is 29.6 Å². The van der Waals surface area contributed by atoms with Gasteiger partial charge < -0.3 is 5.11 Å². The van der Waals surface area contributed by atoms with Crippen LogP contribution < -0.4 is 0 Å². The Balaban J connectivity index is 1.55. The molecular formula is C15H17BrO. The molecule has 0 saturated heterocycles. The highest BCUT2D eigenvalue weighted by atomic mass is 79.9. The van der Waals surface area contributed by atoms with E-state index in [1.807, 2.05) is 12.1 Å². The fraction of sp³-hybridized carbons (Fsp3) is 0.600. The van der Waals surface area contributed by atoms with Crippen LogP contribution in [0.2, 0.25) is 0 Å². The zero-order chi connectivity index (χ0) is 11.6. The molecule has 0 spiro atoms. The molecule has 2 bridgehead atoms. The third kappa shape index (κ3) is 1.47. The van der Waals surface area contributed by atoms with Crippen LogP contribution in [0.1, 0.15) is 30.9 Å². The molecule has 2 heteroatoms. The maximum Gasteiger partial charge on any atom is 0.0823 e. The van der Waals surface area contributed by atoms with Gasteiger partial charge in [-0.25, -0.2) is 0 Å². The lowest BCUT2D eigenvalue weighted by Crippen LogP contribution is -2.08. The van der Waals surface area contributed by atoms with Crippen LogP contribution in [-0.4, -0.2) is 5.11 Å². The summed E-state index contributed by atoms with van der Waals surface area (Å²) in [4.78, 5) is 0. The van der Waals surface area contributed by atoms with Crippen molar-refractivity contribution in [3.8, 4) is 0 Å². The third-order valence-electron chi connectivity index (χ3n) is 5.37. The summed E-state index contributed by atoms with van der Waals surface area (Å²) in [5.41, 5.74) is 1.10. The van der Waals surface area contributed by atoms with Crippen LogP contribution in [0, 0.1) is 29.6 Å². The minimum absolute atomic E-state index is 0.221. The van der Waals surface area contributed by atoms with Crippen molar-refractivity contribution in [2.75, 3.05) is 0 Å². The molecule has 5 unspecified atom stereocenters. The monoisotopic (exact) mass is 292 g/mol. The Labute approximate surface area is 110 Å². The number of fused-ring (bicyclic) bond motifs is 5. The first-order valence-corrected chi connectivity index (χ1v) is 7.48. The Morgan fingerprint density at radius 3 is 2.24 bits per heavy atom. The maximum absolute atomic E-state index is 10.5. The predicted octanol–water partition coefficient (Wildman–Crippen LogP) is 3.77. The molecule has 0 aromatic heterocycles. The largest absolute Gasteiger partial charge is 0.388 e. The molecule has 5 atom stereocenters. The Hall–Kier alpha value is -0.340. The van der Waals surface area contributed by atoms with Gasteiger partial charge in [0.25, 0.3) is 0 Å². The van der Waals surface area contributed by atoms with E-state index in [9.17, 15) is 5.11 Å². The summed E-state index contributed by atoms with van der Waals surface area (Å²) < 4.78 is 1.09. The molecule has 0 amide bonds. The van der Waals surface area contributed by atoms with Crippen LogP contribution >= 0.6 is 15.9 Å². The summed E-state index contributed by atoms with van der Waals surface area (Å²) in [5.74, 6) is 4.17. The zero-order valence-corrected chi connectivity index (χ0v) is 11.3. The standard InChI is InChI=1S/C15H17BrO/c16-11-5-3-8(4-6-11)15(17)14-12-9-1-2-10(7-9)13(12)14/h3-6,9-10,12-15,17H,1-2,7H2. The molecule has 3 aliphatic carbocycles.